The van der Waals surface area contributed by atoms with E-state index in [1.807, 2.05) is 0 Å². The summed E-state index contributed by atoms with van der Waals surface area (Å²) in [6, 6.07) is 0. The number of esters is 3. The topological polar surface area (TPSA) is 78.9 Å². The summed E-state index contributed by atoms with van der Waals surface area (Å²) in [5, 5.41) is 0. The van der Waals surface area contributed by atoms with Crippen molar-refractivity contribution >= 4 is 17.9 Å². The highest BCUT2D eigenvalue weighted by Crippen LogP contribution is 2.19. The van der Waals surface area contributed by atoms with Gasteiger partial charge in [0.2, 0.25) is 0 Å². The van der Waals surface area contributed by atoms with Crippen LogP contribution in [0.1, 0.15) is 330 Å². The molecule has 0 fully saturated rings. The zero-order valence-electron chi connectivity index (χ0n) is 45.5. The second-order valence-corrected chi connectivity index (χ2v) is 21.8. The first-order valence-electron chi connectivity index (χ1n) is 29.6. The third-order valence-electron chi connectivity index (χ3n) is 14.0. The average molecular weight is 934 g/mol. The lowest BCUT2D eigenvalue weighted by molar-refractivity contribution is -0.167. The standard InChI is InChI=1S/C60H116O6/c1-7-56(6)48-42-36-30-23-19-15-12-13-17-21-25-32-38-44-50-59(62)65-53-57(66-60(63)51-45-39-33-27-26-29-35-41-47-55(4)5)52-64-58(61)49-43-37-31-24-20-16-11-9-8-10-14-18-22-28-34-40-46-54(2)3/h54-57H,7-53H2,1-6H3/t56?,57-/m1/s1. The van der Waals surface area contributed by atoms with E-state index in [2.05, 4.69) is 41.5 Å². The van der Waals surface area contributed by atoms with Gasteiger partial charge in [-0.25, -0.2) is 0 Å². The molecule has 2 atom stereocenters. The van der Waals surface area contributed by atoms with Gasteiger partial charge in [0.1, 0.15) is 13.2 Å². The molecule has 0 amide bonds. The number of hydrogen-bond donors (Lipinski definition) is 0. The molecule has 66 heavy (non-hydrogen) atoms. The van der Waals surface area contributed by atoms with Crippen LogP contribution in [0.15, 0.2) is 0 Å². The molecule has 0 saturated carbocycles. The molecule has 0 radical (unpaired) electrons. The van der Waals surface area contributed by atoms with E-state index in [1.165, 1.54) is 212 Å². The maximum atomic E-state index is 12.8. The van der Waals surface area contributed by atoms with Crippen LogP contribution in [0, 0.1) is 17.8 Å². The highest BCUT2D eigenvalue weighted by molar-refractivity contribution is 5.71. The van der Waals surface area contributed by atoms with Crippen molar-refractivity contribution in [1.82, 2.24) is 0 Å². The van der Waals surface area contributed by atoms with Crippen LogP contribution in [-0.2, 0) is 28.6 Å². The smallest absolute Gasteiger partial charge is 0.306 e. The Labute approximate surface area is 412 Å². The summed E-state index contributed by atoms with van der Waals surface area (Å²) in [6.45, 7) is 13.8. The number of unbranched alkanes of at least 4 members (excludes halogenated alkanes) is 35. The zero-order valence-corrected chi connectivity index (χ0v) is 45.5. The minimum absolute atomic E-state index is 0.0639. The van der Waals surface area contributed by atoms with Crippen LogP contribution in [0.3, 0.4) is 0 Å². The Morgan fingerprint density at radius 2 is 0.530 bits per heavy atom. The van der Waals surface area contributed by atoms with Crippen LogP contribution in [0.2, 0.25) is 0 Å². The van der Waals surface area contributed by atoms with E-state index in [4.69, 9.17) is 14.2 Å². The van der Waals surface area contributed by atoms with Crippen molar-refractivity contribution in [2.45, 2.75) is 337 Å². The normalized spacial score (nSPS) is 12.5. The Balaban J connectivity index is 4.23. The van der Waals surface area contributed by atoms with Gasteiger partial charge in [0, 0.05) is 19.3 Å². The van der Waals surface area contributed by atoms with E-state index in [0.29, 0.717) is 19.3 Å². The summed E-state index contributed by atoms with van der Waals surface area (Å²) < 4.78 is 16.9. The minimum atomic E-state index is -0.764. The average Bonchev–Trinajstić information content (AvgIpc) is 3.29. The summed E-state index contributed by atoms with van der Waals surface area (Å²) in [6.07, 6.45) is 53.8. The van der Waals surface area contributed by atoms with Crippen molar-refractivity contribution in [1.29, 1.82) is 0 Å². The lowest BCUT2D eigenvalue weighted by Gasteiger charge is -2.18. The van der Waals surface area contributed by atoms with Gasteiger partial charge in [0.25, 0.3) is 0 Å². The molecule has 0 aromatic carbocycles. The Morgan fingerprint density at radius 1 is 0.303 bits per heavy atom. The van der Waals surface area contributed by atoms with Gasteiger partial charge in [-0.2, -0.15) is 0 Å². The van der Waals surface area contributed by atoms with Crippen LogP contribution in [0.25, 0.3) is 0 Å². The molecule has 0 aromatic heterocycles. The van der Waals surface area contributed by atoms with Crippen molar-refractivity contribution in [2.75, 3.05) is 13.2 Å². The van der Waals surface area contributed by atoms with Crippen molar-refractivity contribution in [3.8, 4) is 0 Å². The first kappa shape index (κ1) is 64.4. The molecule has 0 aromatic rings. The maximum absolute atomic E-state index is 12.8. The second kappa shape index (κ2) is 51.3. The number of hydrogen-bond acceptors (Lipinski definition) is 6. The van der Waals surface area contributed by atoms with Crippen LogP contribution in [0.5, 0.6) is 0 Å². The number of rotatable bonds is 53. The predicted octanol–water partition coefficient (Wildman–Crippen LogP) is 19.5. The molecule has 392 valence electrons. The fraction of sp³-hybridized carbons (Fsp3) is 0.950. The van der Waals surface area contributed by atoms with Gasteiger partial charge < -0.3 is 14.2 Å². The largest absolute Gasteiger partial charge is 0.462 e. The lowest BCUT2D eigenvalue weighted by atomic mass is 9.99. The Hall–Kier alpha value is -1.59. The molecular weight excluding hydrogens is 817 g/mol. The van der Waals surface area contributed by atoms with Crippen LogP contribution in [0.4, 0.5) is 0 Å². The van der Waals surface area contributed by atoms with Gasteiger partial charge in [-0.1, -0.05) is 292 Å². The fourth-order valence-electron chi connectivity index (χ4n) is 9.14. The van der Waals surface area contributed by atoms with Gasteiger partial charge in [0.15, 0.2) is 6.10 Å². The lowest BCUT2D eigenvalue weighted by Crippen LogP contribution is -2.30. The molecule has 6 heteroatoms. The summed E-state index contributed by atoms with van der Waals surface area (Å²) in [7, 11) is 0. The molecule has 0 heterocycles. The molecule has 0 N–H and O–H groups in total. The quantitative estimate of drug-likeness (QED) is 0.0343. The molecular formula is C60H116O6. The fourth-order valence-corrected chi connectivity index (χ4v) is 9.14. The van der Waals surface area contributed by atoms with Crippen LogP contribution in [-0.4, -0.2) is 37.2 Å². The first-order valence-corrected chi connectivity index (χ1v) is 29.6. The predicted molar refractivity (Wildman–Crippen MR) is 284 cm³/mol. The highest BCUT2D eigenvalue weighted by atomic mass is 16.6. The summed E-state index contributed by atoms with van der Waals surface area (Å²) in [4.78, 5) is 38.1. The zero-order chi connectivity index (χ0) is 48.4. The summed E-state index contributed by atoms with van der Waals surface area (Å²) in [5.74, 6) is 1.70. The van der Waals surface area contributed by atoms with E-state index < -0.39 is 6.10 Å². The molecule has 6 nitrogen and oxygen atoms in total. The third-order valence-corrected chi connectivity index (χ3v) is 14.0. The summed E-state index contributed by atoms with van der Waals surface area (Å²) >= 11 is 0. The molecule has 0 rings (SSSR count). The maximum Gasteiger partial charge on any atom is 0.306 e. The van der Waals surface area contributed by atoms with E-state index in [-0.39, 0.29) is 31.1 Å². The van der Waals surface area contributed by atoms with E-state index in [1.54, 1.807) is 0 Å². The van der Waals surface area contributed by atoms with Crippen molar-refractivity contribution in [2.24, 2.45) is 17.8 Å². The molecule has 1 unspecified atom stereocenters. The van der Waals surface area contributed by atoms with E-state index >= 15 is 0 Å². The molecule has 0 aliphatic rings. The van der Waals surface area contributed by atoms with Gasteiger partial charge in [-0.05, 0) is 37.0 Å². The van der Waals surface area contributed by atoms with Gasteiger partial charge in [-0.3, -0.25) is 14.4 Å². The van der Waals surface area contributed by atoms with E-state index in [0.717, 1.165) is 75.5 Å². The molecule has 0 aliphatic heterocycles. The van der Waals surface area contributed by atoms with Crippen LogP contribution < -0.4 is 0 Å². The Bertz CT molecular complexity index is 1020. The van der Waals surface area contributed by atoms with Crippen LogP contribution >= 0.6 is 0 Å². The minimum Gasteiger partial charge on any atom is -0.462 e. The van der Waals surface area contributed by atoms with Crippen molar-refractivity contribution < 1.29 is 28.6 Å². The monoisotopic (exact) mass is 933 g/mol. The molecule has 0 saturated heterocycles. The molecule has 0 aliphatic carbocycles. The number of ether oxygens (including phenoxy) is 3. The number of carbonyl (C=O) groups is 3. The Morgan fingerprint density at radius 3 is 0.788 bits per heavy atom. The second-order valence-electron chi connectivity index (χ2n) is 21.8. The van der Waals surface area contributed by atoms with Crippen molar-refractivity contribution in [3.05, 3.63) is 0 Å². The van der Waals surface area contributed by atoms with Gasteiger partial charge >= 0.3 is 17.9 Å². The van der Waals surface area contributed by atoms with Gasteiger partial charge in [-0.15, -0.1) is 0 Å². The summed E-state index contributed by atoms with van der Waals surface area (Å²) in [5.41, 5.74) is 0. The SMILES string of the molecule is CCC(C)CCCCCCCCCCCCCCCCC(=O)OC[C@@H](COC(=O)CCCCCCCCCCCCCCCCCCC(C)C)OC(=O)CCCCCCCCCCC(C)C. The van der Waals surface area contributed by atoms with Gasteiger partial charge in [0.05, 0.1) is 0 Å². The Kier molecular flexibility index (Phi) is 50.0. The van der Waals surface area contributed by atoms with E-state index in [9.17, 15) is 14.4 Å². The molecule has 0 bridgehead atoms. The third kappa shape index (κ3) is 51.8. The first-order chi connectivity index (χ1) is 32.1. The number of carbonyl (C=O) groups excluding carboxylic acids is 3. The highest BCUT2D eigenvalue weighted by Gasteiger charge is 2.19. The molecule has 0 spiro atoms. The van der Waals surface area contributed by atoms with Crippen molar-refractivity contribution in [3.63, 3.8) is 0 Å².